The molecule has 2 heteroatoms. The lowest BCUT2D eigenvalue weighted by atomic mass is 9.98. The Bertz CT molecular complexity index is 359. The number of nitriles is 2. The first-order valence-electron chi connectivity index (χ1n) is 3.95. The van der Waals surface area contributed by atoms with E-state index in [1.807, 2.05) is 19.1 Å². The van der Waals surface area contributed by atoms with Gasteiger partial charge in [-0.25, -0.2) is 0 Å². The molecule has 0 N–H and O–H groups in total. The van der Waals surface area contributed by atoms with Crippen LogP contribution in [0.3, 0.4) is 0 Å². The molecule has 1 rings (SSSR count). The van der Waals surface area contributed by atoms with Crippen LogP contribution in [0.25, 0.3) is 0 Å². The van der Waals surface area contributed by atoms with Gasteiger partial charge in [-0.3, -0.25) is 0 Å². The Balaban J connectivity index is 3.27. The van der Waals surface area contributed by atoms with Crippen LogP contribution in [0.5, 0.6) is 0 Å². The summed E-state index contributed by atoms with van der Waals surface area (Å²) >= 11 is 0. The van der Waals surface area contributed by atoms with Gasteiger partial charge in [-0.2, -0.15) is 10.5 Å². The molecule has 0 spiro atoms. The van der Waals surface area contributed by atoms with E-state index in [1.54, 1.807) is 18.2 Å². The Kier molecular flexibility index (Phi) is 2.67. The van der Waals surface area contributed by atoms with Crippen molar-refractivity contribution in [3.05, 3.63) is 41.8 Å². The van der Waals surface area contributed by atoms with Gasteiger partial charge in [0.1, 0.15) is 0 Å². The molecular weight excluding hydrogens is 160 g/mol. The molecule has 0 aliphatic carbocycles. The molecule has 0 aliphatic rings. The molecule has 1 radical (unpaired) electrons. The summed E-state index contributed by atoms with van der Waals surface area (Å²) in [5.74, 6) is 0.0976. The largest absolute Gasteiger partial charge is 0.192 e. The van der Waals surface area contributed by atoms with Gasteiger partial charge < -0.3 is 0 Å². The minimum atomic E-state index is 0.0976. The van der Waals surface area contributed by atoms with Crippen LogP contribution in [0.2, 0.25) is 0 Å². The summed E-state index contributed by atoms with van der Waals surface area (Å²) in [7, 11) is 0. The van der Waals surface area contributed by atoms with E-state index in [9.17, 15) is 0 Å². The highest BCUT2D eigenvalue weighted by Crippen LogP contribution is 2.17. The minimum Gasteiger partial charge on any atom is -0.192 e. The minimum absolute atomic E-state index is 0.0976. The van der Waals surface area contributed by atoms with Crippen molar-refractivity contribution in [3.8, 4) is 12.1 Å². The molecule has 1 aromatic rings. The van der Waals surface area contributed by atoms with Crippen molar-refractivity contribution in [1.82, 2.24) is 0 Å². The highest BCUT2D eigenvalue weighted by molar-refractivity contribution is 5.43. The Morgan fingerprint density at radius 2 is 1.62 bits per heavy atom. The van der Waals surface area contributed by atoms with Crippen molar-refractivity contribution in [2.24, 2.45) is 0 Å². The van der Waals surface area contributed by atoms with Gasteiger partial charge in [0.25, 0.3) is 0 Å². The Hall–Kier alpha value is -1.80. The maximum absolute atomic E-state index is 8.68. The maximum atomic E-state index is 8.68. The molecule has 0 bridgehead atoms. The van der Waals surface area contributed by atoms with Crippen molar-refractivity contribution in [3.63, 3.8) is 0 Å². The van der Waals surface area contributed by atoms with Crippen molar-refractivity contribution in [2.45, 2.75) is 12.8 Å². The fourth-order valence-corrected chi connectivity index (χ4v) is 1.07. The van der Waals surface area contributed by atoms with Crippen LogP contribution in [0.4, 0.5) is 0 Å². The SMILES string of the molecule is [CH2]C(C)c1cc(C#N)cc(C#N)c1. The third kappa shape index (κ3) is 2.07. The van der Waals surface area contributed by atoms with Crippen LogP contribution >= 0.6 is 0 Å². The predicted molar refractivity (Wildman–Crippen MR) is 49.6 cm³/mol. The topological polar surface area (TPSA) is 47.6 Å². The third-order valence-electron chi connectivity index (χ3n) is 1.78. The summed E-state index contributed by atoms with van der Waals surface area (Å²) in [4.78, 5) is 0. The lowest BCUT2D eigenvalue weighted by molar-refractivity contribution is 0.962. The second-order valence-corrected chi connectivity index (χ2v) is 2.97. The molecule has 63 valence electrons. The molecule has 0 heterocycles. The standard InChI is InChI=1S/C11H9N2/c1-8(2)11-4-9(6-12)3-10(5-11)7-13/h3-5,8H,1H2,2H3. The summed E-state index contributed by atoms with van der Waals surface area (Å²) in [5.41, 5.74) is 1.96. The summed E-state index contributed by atoms with van der Waals surface area (Å²) < 4.78 is 0. The maximum Gasteiger partial charge on any atom is 0.0992 e. The fourth-order valence-electron chi connectivity index (χ4n) is 1.07. The molecule has 13 heavy (non-hydrogen) atoms. The molecule has 0 amide bonds. The molecule has 0 saturated carbocycles. The molecule has 1 aromatic carbocycles. The molecule has 1 atom stereocenters. The van der Waals surface area contributed by atoms with Gasteiger partial charge in [-0.05, 0) is 36.6 Å². The van der Waals surface area contributed by atoms with E-state index in [4.69, 9.17) is 10.5 Å². The first-order chi connectivity index (χ1) is 6.17. The van der Waals surface area contributed by atoms with Crippen LogP contribution in [-0.4, -0.2) is 0 Å². The quantitative estimate of drug-likeness (QED) is 0.647. The van der Waals surface area contributed by atoms with E-state index in [2.05, 4.69) is 6.92 Å². The molecule has 0 aromatic heterocycles. The van der Waals surface area contributed by atoms with Crippen molar-refractivity contribution in [2.75, 3.05) is 0 Å². The average Bonchev–Trinajstić information content (AvgIpc) is 2.16. The Morgan fingerprint density at radius 3 is 1.92 bits per heavy atom. The van der Waals surface area contributed by atoms with Crippen molar-refractivity contribution < 1.29 is 0 Å². The summed E-state index contributed by atoms with van der Waals surface area (Å²) in [6.07, 6.45) is 0. The molecular formula is C11H9N2. The highest BCUT2D eigenvalue weighted by atomic mass is 14.3. The van der Waals surface area contributed by atoms with E-state index in [0.717, 1.165) is 5.56 Å². The van der Waals surface area contributed by atoms with E-state index < -0.39 is 0 Å². The van der Waals surface area contributed by atoms with Crippen LogP contribution < -0.4 is 0 Å². The smallest absolute Gasteiger partial charge is 0.0992 e. The van der Waals surface area contributed by atoms with Crippen molar-refractivity contribution >= 4 is 0 Å². The van der Waals surface area contributed by atoms with Crippen LogP contribution in [0.15, 0.2) is 18.2 Å². The molecule has 0 saturated heterocycles. The Morgan fingerprint density at radius 1 is 1.15 bits per heavy atom. The van der Waals surface area contributed by atoms with E-state index in [0.29, 0.717) is 11.1 Å². The first kappa shape index (κ1) is 9.29. The van der Waals surface area contributed by atoms with Gasteiger partial charge in [0.2, 0.25) is 0 Å². The van der Waals surface area contributed by atoms with E-state index in [1.165, 1.54) is 0 Å². The Labute approximate surface area is 78.0 Å². The molecule has 0 aliphatic heterocycles. The number of nitrogens with zero attached hydrogens (tertiary/aromatic N) is 2. The second kappa shape index (κ2) is 3.74. The lowest BCUT2D eigenvalue weighted by Gasteiger charge is -2.05. The van der Waals surface area contributed by atoms with E-state index in [-0.39, 0.29) is 5.92 Å². The van der Waals surface area contributed by atoms with Gasteiger partial charge in [-0.15, -0.1) is 0 Å². The third-order valence-corrected chi connectivity index (χ3v) is 1.78. The van der Waals surface area contributed by atoms with Gasteiger partial charge in [0, 0.05) is 0 Å². The number of hydrogen-bond donors (Lipinski definition) is 0. The van der Waals surface area contributed by atoms with Gasteiger partial charge in [0.05, 0.1) is 23.3 Å². The van der Waals surface area contributed by atoms with Crippen LogP contribution in [-0.2, 0) is 0 Å². The zero-order chi connectivity index (χ0) is 9.84. The van der Waals surface area contributed by atoms with Crippen molar-refractivity contribution in [1.29, 1.82) is 10.5 Å². The average molecular weight is 169 g/mol. The van der Waals surface area contributed by atoms with Crippen LogP contribution in [0.1, 0.15) is 29.5 Å². The zero-order valence-electron chi connectivity index (χ0n) is 7.41. The summed E-state index contributed by atoms with van der Waals surface area (Å²) in [5, 5.41) is 17.4. The zero-order valence-corrected chi connectivity index (χ0v) is 7.41. The number of rotatable bonds is 1. The molecule has 0 fully saturated rings. The highest BCUT2D eigenvalue weighted by Gasteiger charge is 2.03. The second-order valence-electron chi connectivity index (χ2n) is 2.97. The molecule has 1 unspecified atom stereocenters. The monoisotopic (exact) mass is 169 g/mol. The normalized spacial score (nSPS) is 9.31. The first-order valence-corrected chi connectivity index (χ1v) is 3.95. The number of benzene rings is 1. The number of hydrogen-bond acceptors (Lipinski definition) is 2. The van der Waals surface area contributed by atoms with Crippen LogP contribution in [0, 0.1) is 29.6 Å². The predicted octanol–water partition coefficient (Wildman–Crippen LogP) is 2.37. The summed E-state index contributed by atoms with van der Waals surface area (Å²) in [6, 6.07) is 9.14. The van der Waals surface area contributed by atoms with Gasteiger partial charge in [-0.1, -0.05) is 6.92 Å². The summed E-state index contributed by atoms with van der Waals surface area (Å²) in [6.45, 7) is 5.77. The molecule has 2 nitrogen and oxygen atoms in total. The van der Waals surface area contributed by atoms with E-state index >= 15 is 0 Å². The van der Waals surface area contributed by atoms with Gasteiger partial charge >= 0.3 is 0 Å². The lowest BCUT2D eigenvalue weighted by Crippen LogP contribution is -1.90. The van der Waals surface area contributed by atoms with Gasteiger partial charge in [0.15, 0.2) is 0 Å². The fraction of sp³-hybridized carbons (Fsp3) is 0.182.